The third kappa shape index (κ3) is 3.98. The summed E-state index contributed by atoms with van der Waals surface area (Å²) < 4.78 is 0.907. The predicted octanol–water partition coefficient (Wildman–Crippen LogP) is 1.73. The SMILES string of the molecule is O=C(CCCO)Cc1ccc(Br)cn1. The molecule has 1 aromatic rings. The highest BCUT2D eigenvalue weighted by molar-refractivity contribution is 9.10. The van der Waals surface area contributed by atoms with E-state index < -0.39 is 0 Å². The summed E-state index contributed by atoms with van der Waals surface area (Å²) in [5.41, 5.74) is 0.774. The van der Waals surface area contributed by atoms with E-state index in [0.717, 1.165) is 10.2 Å². The number of rotatable bonds is 5. The van der Waals surface area contributed by atoms with Gasteiger partial charge in [-0.3, -0.25) is 9.78 Å². The molecule has 0 saturated heterocycles. The summed E-state index contributed by atoms with van der Waals surface area (Å²) in [6.07, 6.45) is 2.99. The minimum atomic E-state index is 0.0690. The third-order valence-corrected chi connectivity index (χ3v) is 2.25. The molecule has 1 rings (SSSR count). The maximum Gasteiger partial charge on any atom is 0.138 e. The maximum atomic E-state index is 11.3. The lowest BCUT2D eigenvalue weighted by Gasteiger charge is -1.99. The largest absolute Gasteiger partial charge is 0.396 e. The van der Waals surface area contributed by atoms with Crippen LogP contribution in [0.3, 0.4) is 0 Å². The van der Waals surface area contributed by atoms with E-state index >= 15 is 0 Å². The number of carbonyl (C=O) groups is 1. The molecule has 1 heterocycles. The van der Waals surface area contributed by atoms with Crippen molar-refractivity contribution in [2.24, 2.45) is 0 Å². The third-order valence-electron chi connectivity index (χ3n) is 1.78. The van der Waals surface area contributed by atoms with E-state index in [4.69, 9.17) is 5.11 Å². The second kappa shape index (κ2) is 5.88. The molecule has 0 saturated carbocycles. The van der Waals surface area contributed by atoms with E-state index in [2.05, 4.69) is 20.9 Å². The van der Waals surface area contributed by atoms with Gasteiger partial charge in [0.1, 0.15) is 5.78 Å². The Morgan fingerprint density at radius 2 is 2.29 bits per heavy atom. The highest BCUT2D eigenvalue weighted by Crippen LogP contribution is 2.08. The summed E-state index contributed by atoms with van der Waals surface area (Å²) in [6.45, 7) is 0.0690. The number of pyridine rings is 1. The van der Waals surface area contributed by atoms with Gasteiger partial charge in [0.2, 0.25) is 0 Å². The molecule has 0 bridgehead atoms. The van der Waals surface area contributed by atoms with Gasteiger partial charge in [-0.1, -0.05) is 0 Å². The number of carbonyl (C=O) groups excluding carboxylic acids is 1. The van der Waals surface area contributed by atoms with Crippen LogP contribution in [0.2, 0.25) is 0 Å². The Hall–Kier alpha value is -0.740. The van der Waals surface area contributed by atoms with Gasteiger partial charge in [-0.15, -0.1) is 0 Å². The van der Waals surface area contributed by atoms with Gasteiger partial charge >= 0.3 is 0 Å². The van der Waals surface area contributed by atoms with Crippen LogP contribution in [0.1, 0.15) is 18.5 Å². The van der Waals surface area contributed by atoms with Crippen LogP contribution in [-0.4, -0.2) is 22.5 Å². The molecule has 0 unspecified atom stereocenters. The Morgan fingerprint density at radius 3 is 2.86 bits per heavy atom. The number of Topliss-reactive ketones (excluding diaryl/α,β-unsaturated/α-hetero) is 1. The molecule has 0 aliphatic heterocycles. The zero-order valence-electron chi connectivity index (χ0n) is 7.74. The summed E-state index contributed by atoms with van der Waals surface area (Å²) in [5, 5.41) is 8.54. The van der Waals surface area contributed by atoms with Gasteiger partial charge in [0, 0.05) is 35.8 Å². The van der Waals surface area contributed by atoms with Gasteiger partial charge in [-0.05, 0) is 34.5 Å². The van der Waals surface area contributed by atoms with Crippen molar-refractivity contribution in [3.05, 3.63) is 28.5 Å². The zero-order chi connectivity index (χ0) is 10.4. The molecular weight excluding hydrogens is 246 g/mol. The van der Waals surface area contributed by atoms with Crippen molar-refractivity contribution < 1.29 is 9.90 Å². The number of nitrogens with zero attached hydrogens (tertiary/aromatic N) is 1. The lowest BCUT2D eigenvalue weighted by atomic mass is 10.1. The molecule has 0 aliphatic rings. The second-order valence-electron chi connectivity index (χ2n) is 3.01. The number of aromatic nitrogens is 1. The first-order chi connectivity index (χ1) is 6.72. The monoisotopic (exact) mass is 257 g/mol. The Balaban J connectivity index is 2.44. The van der Waals surface area contributed by atoms with E-state index in [0.29, 0.717) is 19.3 Å². The number of hydrogen-bond acceptors (Lipinski definition) is 3. The minimum Gasteiger partial charge on any atom is -0.396 e. The number of halogens is 1. The van der Waals surface area contributed by atoms with E-state index in [9.17, 15) is 4.79 Å². The first kappa shape index (κ1) is 11.3. The standard InChI is InChI=1S/C10H12BrNO2/c11-8-3-4-9(12-7-8)6-10(14)2-1-5-13/h3-4,7,13H,1-2,5-6H2. The Bertz CT molecular complexity index is 297. The van der Waals surface area contributed by atoms with Crippen LogP contribution in [-0.2, 0) is 11.2 Å². The number of aliphatic hydroxyl groups is 1. The van der Waals surface area contributed by atoms with Gasteiger partial charge in [0.25, 0.3) is 0 Å². The molecule has 1 aromatic heterocycles. The van der Waals surface area contributed by atoms with Gasteiger partial charge in [0.05, 0.1) is 0 Å². The molecule has 0 amide bonds. The molecule has 76 valence electrons. The van der Waals surface area contributed by atoms with Crippen LogP contribution >= 0.6 is 15.9 Å². The van der Waals surface area contributed by atoms with Crippen LogP contribution in [0.15, 0.2) is 22.8 Å². The van der Waals surface area contributed by atoms with E-state index in [-0.39, 0.29) is 12.4 Å². The van der Waals surface area contributed by atoms with Crippen LogP contribution in [0.4, 0.5) is 0 Å². The van der Waals surface area contributed by atoms with Gasteiger partial charge < -0.3 is 5.11 Å². The highest BCUT2D eigenvalue weighted by atomic mass is 79.9. The molecule has 14 heavy (non-hydrogen) atoms. The fourth-order valence-corrected chi connectivity index (χ4v) is 1.31. The fourth-order valence-electron chi connectivity index (χ4n) is 1.08. The van der Waals surface area contributed by atoms with Gasteiger partial charge in [-0.2, -0.15) is 0 Å². The molecule has 0 spiro atoms. The number of ketones is 1. The van der Waals surface area contributed by atoms with Crippen molar-refractivity contribution in [2.45, 2.75) is 19.3 Å². The summed E-state index contributed by atoms with van der Waals surface area (Å²) in [4.78, 5) is 15.4. The van der Waals surface area contributed by atoms with E-state index in [1.54, 1.807) is 6.20 Å². The van der Waals surface area contributed by atoms with Crippen molar-refractivity contribution in [2.75, 3.05) is 6.61 Å². The molecule has 0 radical (unpaired) electrons. The molecule has 0 fully saturated rings. The van der Waals surface area contributed by atoms with Crippen molar-refractivity contribution >= 4 is 21.7 Å². The van der Waals surface area contributed by atoms with Crippen molar-refractivity contribution in [1.82, 2.24) is 4.98 Å². The molecule has 0 aromatic carbocycles. The first-order valence-corrected chi connectivity index (χ1v) is 5.24. The molecule has 1 N–H and O–H groups in total. The number of hydrogen-bond donors (Lipinski definition) is 1. The first-order valence-electron chi connectivity index (χ1n) is 4.45. The average molecular weight is 258 g/mol. The lowest BCUT2D eigenvalue weighted by Crippen LogP contribution is -2.04. The molecule has 0 atom stereocenters. The predicted molar refractivity (Wildman–Crippen MR) is 57.0 cm³/mol. The van der Waals surface area contributed by atoms with Crippen LogP contribution in [0.5, 0.6) is 0 Å². The Labute approximate surface area is 91.3 Å². The Morgan fingerprint density at radius 1 is 1.50 bits per heavy atom. The van der Waals surface area contributed by atoms with Gasteiger partial charge in [-0.25, -0.2) is 0 Å². The zero-order valence-corrected chi connectivity index (χ0v) is 9.33. The smallest absolute Gasteiger partial charge is 0.138 e. The van der Waals surface area contributed by atoms with Gasteiger partial charge in [0.15, 0.2) is 0 Å². The van der Waals surface area contributed by atoms with Crippen LogP contribution in [0.25, 0.3) is 0 Å². The fraction of sp³-hybridized carbons (Fsp3) is 0.400. The van der Waals surface area contributed by atoms with Crippen molar-refractivity contribution in [3.63, 3.8) is 0 Å². The Kier molecular flexibility index (Phi) is 4.76. The second-order valence-corrected chi connectivity index (χ2v) is 3.93. The summed E-state index contributed by atoms with van der Waals surface area (Å²) in [5.74, 6) is 0.119. The van der Waals surface area contributed by atoms with Crippen molar-refractivity contribution in [3.8, 4) is 0 Å². The summed E-state index contributed by atoms with van der Waals surface area (Å²) >= 11 is 3.27. The molecular formula is C10H12BrNO2. The lowest BCUT2D eigenvalue weighted by molar-refractivity contribution is -0.118. The topological polar surface area (TPSA) is 50.2 Å². The molecule has 0 aliphatic carbocycles. The summed E-state index contributed by atoms with van der Waals surface area (Å²) in [6, 6.07) is 3.68. The van der Waals surface area contributed by atoms with E-state index in [1.165, 1.54) is 0 Å². The van der Waals surface area contributed by atoms with Crippen LogP contribution < -0.4 is 0 Å². The van der Waals surface area contributed by atoms with E-state index in [1.807, 2.05) is 12.1 Å². The molecule has 3 nitrogen and oxygen atoms in total. The summed E-state index contributed by atoms with van der Waals surface area (Å²) in [7, 11) is 0. The quantitative estimate of drug-likeness (QED) is 0.874. The maximum absolute atomic E-state index is 11.3. The highest BCUT2D eigenvalue weighted by Gasteiger charge is 2.03. The molecule has 4 heteroatoms. The van der Waals surface area contributed by atoms with Crippen molar-refractivity contribution in [1.29, 1.82) is 0 Å². The number of aliphatic hydroxyl groups excluding tert-OH is 1. The normalized spacial score (nSPS) is 10.1. The average Bonchev–Trinajstić information content (AvgIpc) is 2.18. The minimum absolute atomic E-state index is 0.0690. The van der Waals surface area contributed by atoms with Crippen LogP contribution in [0, 0.1) is 0 Å².